The van der Waals surface area contributed by atoms with E-state index in [1.165, 1.54) is 0 Å². The van der Waals surface area contributed by atoms with Crippen LogP contribution in [0.2, 0.25) is 0 Å². The van der Waals surface area contributed by atoms with Crippen LogP contribution in [0.1, 0.15) is 17.4 Å². The van der Waals surface area contributed by atoms with Gasteiger partial charge < -0.3 is 4.74 Å². The maximum atomic E-state index is 5.05. The van der Waals surface area contributed by atoms with Crippen molar-refractivity contribution in [2.45, 2.75) is 18.3 Å². The van der Waals surface area contributed by atoms with Crippen LogP contribution in [0.25, 0.3) is 0 Å². The zero-order valence-electron chi connectivity index (χ0n) is 8.40. The SMILES string of the molecule is C=C(C)Cn1nncc1C(Br)COC. The van der Waals surface area contributed by atoms with Gasteiger partial charge in [-0.25, -0.2) is 4.68 Å². The van der Waals surface area contributed by atoms with Crippen molar-refractivity contribution < 1.29 is 4.74 Å². The van der Waals surface area contributed by atoms with Gasteiger partial charge >= 0.3 is 0 Å². The second-order valence-electron chi connectivity index (χ2n) is 3.20. The molecular weight excluding hydrogens is 246 g/mol. The highest BCUT2D eigenvalue weighted by atomic mass is 79.9. The van der Waals surface area contributed by atoms with Crippen molar-refractivity contribution in [1.82, 2.24) is 15.0 Å². The van der Waals surface area contributed by atoms with E-state index < -0.39 is 0 Å². The first-order valence-corrected chi connectivity index (χ1v) is 5.22. The van der Waals surface area contributed by atoms with Gasteiger partial charge in [-0.2, -0.15) is 0 Å². The maximum absolute atomic E-state index is 5.05. The molecule has 0 saturated carbocycles. The summed E-state index contributed by atoms with van der Waals surface area (Å²) in [5.74, 6) is 0. The number of hydrogen-bond acceptors (Lipinski definition) is 3. The molecule has 0 spiro atoms. The average molecular weight is 260 g/mol. The van der Waals surface area contributed by atoms with Crippen LogP contribution in [0.5, 0.6) is 0 Å². The van der Waals surface area contributed by atoms with Gasteiger partial charge in [0.25, 0.3) is 0 Å². The molecule has 0 radical (unpaired) electrons. The van der Waals surface area contributed by atoms with Gasteiger partial charge in [0.15, 0.2) is 0 Å². The van der Waals surface area contributed by atoms with Gasteiger partial charge in [0.2, 0.25) is 0 Å². The minimum absolute atomic E-state index is 0.127. The third kappa shape index (κ3) is 2.92. The summed E-state index contributed by atoms with van der Waals surface area (Å²) >= 11 is 3.51. The van der Waals surface area contributed by atoms with Crippen LogP contribution in [0.3, 0.4) is 0 Å². The molecule has 1 heterocycles. The molecule has 14 heavy (non-hydrogen) atoms. The predicted octanol–water partition coefficient (Wildman–Crippen LogP) is 1.94. The number of halogens is 1. The number of rotatable bonds is 5. The topological polar surface area (TPSA) is 39.9 Å². The molecule has 0 aromatic carbocycles. The third-order valence-corrected chi connectivity index (χ3v) is 2.43. The Kier molecular flexibility index (Phi) is 4.28. The van der Waals surface area contributed by atoms with Crippen LogP contribution < -0.4 is 0 Å². The third-order valence-electron chi connectivity index (χ3n) is 1.70. The molecule has 1 aromatic rings. The molecule has 0 bridgehead atoms. The number of ether oxygens (including phenoxy) is 1. The summed E-state index contributed by atoms with van der Waals surface area (Å²) < 4.78 is 6.87. The minimum atomic E-state index is 0.127. The highest BCUT2D eigenvalue weighted by molar-refractivity contribution is 9.09. The number of alkyl halides is 1. The van der Waals surface area contributed by atoms with Gasteiger partial charge in [-0.05, 0) is 6.92 Å². The van der Waals surface area contributed by atoms with E-state index in [0.29, 0.717) is 13.2 Å². The molecule has 0 saturated heterocycles. The van der Waals surface area contributed by atoms with E-state index in [4.69, 9.17) is 4.74 Å². The second-order valence-corrected chi connectivity index (χ2v) is 4.30. The van der Waals surface area contributed by atoms with Crippen molar-refractivity contribution in [2.24, 2.45) is 0 Å². The Labute approximate surface area is 92.1 Å². The van der Waals surface area contributed by atoms with Crippen molar-refractivity contribution in [3.05, 3.63) is 24.0 Å². The molecule has 1 atom stereocenters. The molecule has 0 fully saturated rings. The van der Waals surface area contributed by atoms with E-state index in [1.807, 2.05) is 11.6 Å². The Hall–Kier alpha value is -0.680. The lowest BCUT2D eigenvalue weighted by molar-refractivity contribution is 0.199. The summed E-state index contributed by atoms with van der Waals surface area (Å²) in [7, 11) is 1.67. The lowest BCUT2D eigenvalue weighted by Crippen LogP contribution is -2.10. The fraction of sp³-hybridized carbons (Fsp3) is 0.556. The zero-order valence-corrected chi connectivity index (χ0v) is 9.99. The first-order valence-electron chi connectivity index (χ1n) is 4.31. The fourth-order valence-corrected chi connectivity index (χ4v) is 1.74. The fourth-order valence-electron chi connectivity index (χ4n) is 1.12. The summed E-state index contributed by atoms with van der Waals surface area (Å²) in [6.45, 7) is 7.10. The molecule has 0 aliphatic rings. The number of hydrogen-bond donors (Lipinski definition) is 0. The zero-order chi connectivity index (χ0) is 10.6. The summed E-state index contributed by atoms with van der Waals surface area (Å²) in [5, 5.41) is 7.84. The van der Waals surface area contributed by atoms with E-state index in [0.717, 1.165) is 11.3 Å². The molecule has 0 N–H and O–H groups in total. The van der Waals surface area contributed by atoms with Gasteiger partial charge in [0.05, 0.1) is 29.9 Å². The van der Waals surface area contributed by atoms with Crippen LogP contribution in [0, 0.1) is 0 Å². The Morgan fingerprint density at radius 2 is 2.50 bits per heavy atom. The highest BCUT2D eigenvalue weighted by Gasteiger charge is 2.13. The predicted molar refractivity (Wildman–Crippen MR) is 58.4 cm³/mol. The number of methoxy groups -OCH3 is 1. The molecule has 1 unspecified atom stereocenters. The van der Waals surface area contributed by atoms with E-state index in [2.05, 4.69) is 32.8 Å². The molecule has 0 amide bonds. The molecule has 1 aromatic heterocycles. The average Bonchev–Trinajstić information content (AvgIpc) is 2.51. The van der Waals surface area contributed by atoms with Crippen molar-refractivity contribution >= 4 is 15.9 Å². The van der Waals surface area contributed by atoms with Crippen LogP contribution >= 0.6 is 15.9 Å². The van der Waals surface area contributed by atoms with Gasteiger partial charge in [-0.3, -0.25) is 0 Å². The van der Waals surface area contributed by atoms with Gasteiger partial charge in [-0.1, -0.05) is 33.3 Å². The highest BCUT2D eigenvalue weighted by Crippen LogP contribution is 2.21. The van der Waals surface area contributed by atoms with Crippen LogP contribution in [-0.4, -0.2) is 28.7 Å². The van der Waals surface area contributed by atoms with Crippen LogP contribution in [0.15, 0.2) is 18.3 Å². The lowest BCUT2D eigenvalue weighted by atomic mass is 10.3. The Bertz CT molecular complexity index is 311. The van der Waals surface area contributed by atoms with Crippen molar-refractivity contribution in [2.75, 3.05) is 13.7 Å². The molecule has 78 valence electrons. The smallest absolute Gasteiger partial charge is 0.0814 e. The normalized spacial score (nSPS) is 12.8. The van der Waals surface area contributed by atoms with Gasteiger partial charge in [0, 0.05) is 7.11 Å². The van der Waals surface area contributed by atoms with Crippen LogP contribution in [-0.2, 0) is 11.3 Å². The Morgan fingerprint density at radius 3 is 3.07 bits per heavy atom. The lowest BCUT2D eigenvalue weighted by Gasteiger charge is -2.10. The van der Waals surface area contributed by atoms with Crippen molar-refractivity contribution in [3.63, 3.8) is 0 Å². The van der Waals surface area contributed by atoms with Crippen molar-refractivity contribution in [1.29, 1.82) is 0 Å². The summed E-state index contributed by atoms with van der Waals surface area (Å²) in [5.41, 5.74) is 2.06. The summed E-state index contributed by atoms with van der Waals surface area (Å²) in [6, 6.07) is 0. The van der Waals surface area contributed by atoms with Gasteiger partial charge in [0.1, 0.15) is 0 Å². The number of aromatic nitrogens is 3. The second kappa shape index (κ2) is 5.26. The summed E-state index contributed by atoms with van der Waals surface area (Å²) in [6.07, 6.45) is 1.74. The maximum Gasteiger partial charge on any atom is 0.0814 e. The number of nitrogens with zero attached hydrogens (tertiary/aromatic N) is 3. The molecule has 4 nitrogen and oxygen atoms in total. The summed E-state index contributed by atoms with van der Waals surface area (Å²) in [4.78, 5) is 0.127. The first-order chi connectivity index (χ1) is 6.65. The Balaban J connectivity index is 2.75. The molecule has 0 aliphatic carbocycles. The van der Waals surface area contributed by atoms with Crippen molar-refractivity contribution in [3.8, 4) is 0 Å². The molecule has 1 rings (SSSR count). The first kappa shape index (κ1) is 11.4. The largest absolute Gasteiger partial charge is 0.383 e. The van der Waals surface area contributed by atoms with E-state index >= 15 is 0 Å². The molecule has 5 heteroatoms. The standard InChI is InChI=1S/C9H14BrN3O/c1-7(2)5-13-9(4-11-12-13)8(10)6-14-3/h4,8H,1,5-6H2,2-3H3. The van der Waals surface area contributed by atoms with E-state index in [1.54, 1.807) is 13.3 Å². The Morgan fingerprint density at radius 1 is 1.79 bits per heavy atom. The van der Waals surface area contributed by atoms with E-state index in [9.17, 15) is 0 Å². The quantitative estimate of drug-likeness (QED) is 0.600. The molecular formula is C9H14BrN3O. The van der Waals surface area contributed by atoms with Crippen LogP contribution in [0.4, 0.5) is 0 Å². The monoisotopic (exact) mass is 259 g/mol. The van der Waals surface area contributed by atoms with E-state index in [-0.39, 0.29) is 4.83 Å². The minimum Gasteiger partial charge on any atom is -0.383 e. The van der Waals surface area contributed by atoms with Gasteiger partial charge in [-0.15, -0.1) is 5.10 Å². The number of allylic oxidation sites excluding steroid dienone is 1. The molecule has 0 aliphatic heterocycles.